The smallest absolute Gasteiger partial charge is 0.335 e. The third-order valence-electron chi connectivity index (χ3n) is 4.01. The number of nitroso groups, excluding NO2 is 3. The largest absolute Gasteiger partial charge is 0.452 e. The maximum absolute atomic E-state index is 11.7. The van der Waals surface area contributed by atoms with E-state index >= 15 is 0 Å². The van der Waals surface area contributed by atoms with Crippen molar-refractivity contribution in [1.82, 2.24) is 0 Å². The molecule has 1 heterocycles. The molecule has 8 nitrogen and oxygen atoms in total. The molecule has 0 N–H and O–H groups in total. The van der Waals surface area contributed by atoms with Crippen LogP contribution in [-0.2, 0) is 9.53 Å². The molecule has 1 saturated heterocycles. The van der Waals surface area contributed by atoms with E-state index in [1.807, 2.05) is 0 Å². The summed E-state index contributed by atoms with van der Waals surface area (Å²) < 4.78 is 5.10. The molecule has 2 saturated carbocycles. The molecule has 90 valence electrons. The molecular weight excluding hydrogens is 230 g/mol. The standard InChI is InChI=1S/C9H9N3O5/c13-8-6(11-15)3-1-4(3)7(12-16)9(17-8)2-5(9)10-14/h3-7H,1-2H2/t3?,4?,5-,6-,7+,9?/m1/s1. The van der Waals surface area contributed by atoms with Crippen molar-refractivity contribution >= 4 is 5.97 Å². The summed E-state index contributed by atoms with van der Waals surface area (Å²) in [7, 11) is 0. The van der Waals surface area contributed by atoms with Crippen LogP contribution in [0.15, 0.2) is 15.5 Å². The van der Waals surface area contributed by atoms with Gasteiger partial charge in [-0.05, 0) is 12.3 Å². The molecule has 1 spiro atoms. The van der Waals surface area contributed by atoms with Crippen molar-refractivity contribution in [2.45, 2.75) is 36.6 Å². The van der Waals surface area contributed by atoms with E-state index in [0.717, 1.165) is 0 Å². The molecule has 0 aromatic rings. The molecular formula is C9H9N3O5. The minimum absolute atomic E-state index is 0.187. The lowest BCUT2D eigenvalue weighted by molar-refractivity contribution is -0.153. The van der Waals surface area contributed by atoms with Gasteiger partial charge in [-0.1, -0.05) is 15.5 Å². The predicted octanol–water partition coefficient (Wildman–Crippen LogP) is 0.727. The second-order valence-corrected chi connectivity index (χ2v) is 4.87. The molecule has 3 fully saturated rings. The molecule has 6 atom stereocenters. The van der Waals surface area contributed by atoms with Gasteiger partial charge in [0.25, 0.3) is 0 Å². The maximum Gasteiger partial charge on any atom is 0.335 e. The fourth-order valence-electron chi connectivity index (χ4n) is 2.89. The Morgan fingerprint density at radius 3 is 2.41 bits per heavy atom. The Balaban J connectivity index is 1.95. The SMILES string of the molecule is O=N[C@H]1C(=O)OC2(C[C@H]2N=O)[C@@H](N=O)C2CC21. The van der Waals surface area contributed by atoms with E-state index in [4.69, 9.17) is 4.74 Å². The molecule has 3 aliphatic rings. The van der Waals surface area contributed by atoms with Crippen molar-refractivity contribution in [3.8, 4) is 0 Å². The van der Waals surface area contributed by atoms with Crippen molar-refractivity contribution in [3.63, 3.8) is 0 Å². The Bertz CT molecular complexity index is 427. The summed E-state index contributed by atoms with van der Waals surface area (Å²) in [4.78, 5) is 43.6. The van der Waals surface area contributed by atoms with Crippen LogP contribution in [0.1, 0.15) is 12.8 Å². The van der Waals surface area contributed by atoms with Gasteiger partial charge in [0, 0.05) is 12.3 Å². The van der Waals surface area contributed by atoms with Gasteiger partial charge in [-0.2, -0.15) is 9.81 Å². The summed E-state index contributed by atoms with van der Waals surface area (Å²) in [5.41, 5.74) is -1.19. The van der Waals surface area contributed by atoms with Gasteiger partial charge in [-0.15, -0.1) is 4.91 Å². The highest BCUT2D eigenvalue weighted by Crippen LogP contribution is 2.59. The average molecular weight is 239 g/mol. The number of hydrogen-bond acceptors (Lipinski definition) is 8. The van der Waals surface area contributed by atoms with Crippen LogP contribution in [0.3, 0.4) is 0 Å². The Hall–Kier alpha value is -1.73. The van der Waals surface area contributed by atoms with Gasteiger partial charge in [0.1, 0.15) is 12.1 Å². The third kappa shape index (κ3) is 1.20. The van der Waals surface area contributed by atoms with E-state index in [0.29, 0.717) is 6.42 Å². The lowest BCUT2D eigenvalue weighted by atomic mass is 10.0. The van der Waals surface area contributed by atoms with Crippen LogP contribution < -0.4 is 0 Å². The van der Waals surface area contributed by atoms with E-state index < -0.39 is 29.7 Å². The van der Waals surface area contributed by atoms with Crippen LogP contribution in [-0.4, -0.2) is 29.7 Å². The quantitative estimate of drug-likeness (QED) is 0.531. The summed E-state index contributed by atoms with van der Waals surface area (Å²) in [6.07, 6.45) is 0.767. The molecule has 0 aromatic carbocycles. The fraction of sp³-hybridized carbons (Fsp3) is 0.889. The topological polar surface area (TPSA) is 115 Å². The zero-order chi connectivity index (χ0) is 12.2. The molecule has 0 radical (unpaired) electrons. The van der Waals surface area contributed by atoms with Gasteiger partial charge >= 0.3 is 5.97 Å². The molecule has 0 amide bonds. The molecule has 0 aromatic heterocycles. The third-order valence-corrected chi connectivity index (χ3v) is 4.01. The zero-order valence-electron chi connectivity index (χ0n) is 8.68. The van der Waals surface area contributed by atoms with Crippen molar-refractivity contribution in [1.29, 1.82) is 0 Å². The van der Waals surface area contributed by atoms with Gasteiger partial charge in [-0.3, -0.25) is 0 Å². The number of carbonyl (C=O) groups excluding carboxylic acids is 1. The molecule has 3 unspecified atom stereocenters. The van der Waals surface area contributed by atoms with Crippen LogP contribution in [0, 0.1) is 26.6 Å². The molecule has 17 heavy (non-hydrogen) atoms. The van der Waals surface area contributed by atoms with Crippen molar-refractivity contribution in [3.05, 3.63) is 14.7 Å². The second kappa shape index (κ2) is 3.14. The number of fused-ring (bicyclic) bond motifs is 1. The number of ether oxygens (including phenoxy) is 1. The van der Waals surface area contributed by atoms with E-state index in [1.165, 1.54) is 0 Å². The van der Waals surface area contributed by atoms with Crippen LogP contribution in [0.4, 0.5) is 0 Å². The predicted molar refractivity (Wildman–Crippen MR) is 53.8 cm³/mol. The first-order valence-corrected chi connectivity index (χ1v) is 5.38. The number of carbonyl (C=O) groups is 1. The minimum atomic E-state index is -1.19. The highest BCUT2D eigenvalue weighted by molar-refractivity contribution is 5.78. The highest BCUT2D eigenvalue weighted by atomic mass is 16.6. The van der Waals surface area contributed by atoms with Gasteiger partial charge in [0.05, 0.1) is 0 Å². The van der Waals surface area contributed by atoms with Crippen LogP contribution in [0.2, 0.25) is 0 Å². The first-order valence-electron chi connectivity index (χ1n) is 5.38. The van der Waals surface area contributed by atoms with Crippen LogP contribution in [0.25, 0.3) is 0 Å². The lowest BCUT2D eigenvalue weighted by Gasteiger charge is -2.19. The first kappa shape index (κ1) is 10.4. The lowest BCUT2D eigenvalue weighted by Crippen LogP contribution is -2.36. The van der Waals surface area contributed by atoms with Gasteiger partial charge < -0.3 is 4.74 Å². The minimum Gasteiger partial charge on any atom is -0.452 e. The molecule has 0 bridgehead atoms. The van der Waals surface area contributed by atoms with Crippen LogP contribution in [0.5, 0.6) is 0 Å². The highest BCUT2D eigenvalue weighted by Gasteiger charge is 2.74. The number of rotatable bonds is 3. The maximum atomic E-state index is 11.7. The van der Waals surface area contributed by atoms with Crippen molar-refractivity contribution < 1.29 is 9.53 Å². The molecule has 2 aliphatic carbocycles. The summed E-state index contributed by atoms with van der Waals surface area (Å²) >= 11 is 0. The van der Waals surface area contributed by atoms with Gasteiger partial charge in [0.2, 0.25) is 0 Å². The fourth-order valence-corrected chi connectivity index (χ4v) is 2.89. The van der Waals surface area contributed by atoms with Gasteiger partial charge in [0.15, 0.2) is 11.6 Å². The Kier molecular flexibility index (Phi) is 1.93. The van der Waals surface area contributed by atoms with E-state index in [-0.39, 0.29) is 18.3 Å². The molecule has 8 heteroatoms. The van der Waals surface area contributed by atoms with Crippen molar-refractivity contribution in [2.24, 2.45) is 27.4 Å². The summed E-state index contributed by atoms with van der Waals surface area (Å²) in [5, 5.41) is 8.54. The Labute approximate surface area is 95.0 Å². The summed E-state index contributed by atoms with van der Waals surface area (Å²) in [6.45, 7) is 0. The van der Waals surface area contributed by atoms with Crippen molar-refractivity contribution in [2.75, 3.05) is 0 Å². The van der Waals surface area contributed by atoms with Gasteiger partial charge in [-0.25, -0.2) is 4.79 Å². The Morgan fingerprint density at radius 1 is 1.12 bits per heavy atom. The first-order chi connectivity index (χ1) is 8.17. The van der Waals surface area contributed by atoms with Crippen LogP contribution >= 0.6 is 0 Å². The number of nitrogens with zero attached hydrogens (tertiary/aromatic N) is 3. The van der Waals surface area contributed by atoms with E-state index in [9.17, 15) is 19.5 Å². The van der Waals surface area contributed by atoms with E-state index in [1.54, 1.807) is 0 Å². The van der Waals surface area contributed by atoms with E-state index in [2.05, 4.69) is 15.5 Å². The number of esters is 1. The average Bonchev–Trinajstić information content (AvgIpc) is 3.18. The molecule has 1 aliphatic heterocycles. The monoisotopic (exact) mass is 239 g/mol. The summed E-state index contributed by atoms with van der Waals surface area (Å²) in [6, 6.07) is -2.57. The summed E-state index contributed by atoms with van der Waals surface area (Å²) in [5.74, 6) is -1.21. The second-order valence-electron chi connectivity index (χ2n) is 4.87. The molecule has 3 rings (SSSR count). The zero-order valence-corrected chi connectivity index (χ0v) is 8.68. The Morgan fingerprint density at radius 2 is 1.88 bits per heavy atom. The number of hydrogen-bond donors (Lipinski definition) is 0. The normalized spacial score (nSPS) is 50.8.